The van der Waals surface area contributed by atoms with Gasteiger partial charge < -0.3 is 9.84 Å². The van der Waals surface area contributed by atoms with Crippen LogP contribution in [0.25, 0.3) is 0 Å². The highest BCUT2D eigenvalue weighted by atomic mass is 31.0. The van der Waals surface area contributed by atoms with Crippen LogP contribution in [0.15, 0.2) is 24.3 Å². The molecule has 10 heavy (non-hydrogen) atoms. The minimum absolute atomic E-state index is 0.851. The monoisotopic (exact) mass is 155 g/mol. The Hall–Kier alpha value is -0.750. The van der Waals surface area contributed by atoms with E-state index in [2.05, 4.69) is 14.8 Å². The predicted octanol–water partition coefficient (Wildman–Crippen LogP) is 1.90. The van der Waals surface area contributed by atoms with Crippen molar-refractivity contribution in [3.05, 3.63) is 24.3 Å². The largest absolute Gasteiger partial charge is 0.480 e. The predicted molar refractivity (Wildman–Crippen MR) is 46.3 cm³/mol. The molecule has 0 bridgehead atoms. The maximum absolute atomic E-state index is 4.90. The van der Waals surface area contributed by atoms with Crippen LogP contribution < -0.4 is 9.84 Å². The van der Waals surface area contributed by atoms with E-state index in [1.54, 1.807) is 0 Å². The van der Waals surface area contributed by atoms with Crippen LogP contribution in [-0.2, 0) is 0 Å². The maximum atomic E-state index is 4.90. The second kappa shape index (κ2) is 3.43. The van der Waals surface area contributed by atoms with E-state index in [9.17, 15) is 0 Å². The van der Waals surface area contributed by atoms with Gasteiger partial charge in [0.05, 0.1) is 9.47 Å². The molecule has 1 rings (SSSR count). The van der Waals surface area contributed by atoms with Gasteiger partial charge in [-0.1, -0.05) is 0 Å². The molecule has 1 aromatic rings. The summed E-state index contributed by atoms with van der Waals surface area (Å²) in [5.41, 5.74) is 1.09. The molecule has 0 aromatic heterocycles. The fourth-order valence-electron chi connectivity index (χ4n) is 0.700. The molecule has 0 aliphatic carbocycles. The molecule has 0 radical (unpaired) electrons. The van der Waals surface area contributed by atoms with Gasteiger partial charge in [0.1, 0.15) is 5.75 Å². The molecule has 0 aliphatic rings. The SMILES string of the molecule is CNc1ccc(OP)cc1. The van der Waals surface area contributed by atoms with Crippen LogP contribution >= 0.6 is 9.47 Å². The zero-order chi connectivity index (χ0) is 7.40. The normalized spacial score (nSPS) is 9.00. The van der Waals surface area contributed by atoms with Gasteiger partial charge in [-0.3, -0.25) is 0 Å². The minimum Gasteiger partial charge on any atom is -0.480 e. The highest BCUT2D eigenvalue weighted by Gasteiger charge is 1.88. The van der Waals surface area contributed by atoms with E-state index in [4.69, 9.17) is 4.52 Å². The zero-order valence-electron chi connectivity index (χ0n) is 5.79. The fraction of sp³-hybridized carbons (Fsp3) is 0.143. The van der Waals surface area contributed by atoms with Gasteiger partial charge in [0.25, 0.3) is 0 Å². The van der Waals surface area contributed by atoms with E-state index in [1.165, 1.54) is 0 Å². The topological polar surface area (TPSA) is 21.3 Å². The first-order valence-electron chi connectivity index (χ1n) is 3.01. The van der Waals surface area contributed by atoms with Gasteiger partial charge in [-0.05, 0) is 24.3 Å². The van der Waals surface area contributed by atoms with Gasteiger partial charge in [-0.25, -0.2) is 0 Å². The molecule has 0 fully saturated rings. The summed E-state index contributed by atoms with van der Waals surface area (Å²) in [7, 11) is 4.09. The summed E-state index contributed by atoms with van der Waals surface area (Å²) < 4.78 is 4.90. The molecule has 0 saturated heterocycles. The molecule has 1 aromatic carbocycles. The van der Waals surface area contributed by atoms with Gasteiger partial charge in [-0.2, -0.15) is 0 Å². The molecular formula is C7H10NOP. The quantitative estimate of drug-likeness (QED) is 0.658. The van der Waals surface area contributed by atoms with E-state index in [0.717, 1.165) is 11.4 Å². The molecule has 0 saturated carbocycles. The van der Waals surface area contributed by atoms with Gasteiger partial charge in [-0.15, -0.1) is 0 Å². The average Bonchev–Trinajstić information content (AvgIpc) is 2.05. The Balaban J connectivity index is 2.80. The summed E-state index contributed by atoms with van der Waals surface area (Å²) in [4.78, 5) is 0. The fourth-order valence-corrected chi connectivity index (χ4v) is 0.857. The second-order valence-corrected chi connectivity index (χ2v) is 2.13. The summed E-state index contributed by atoms with van der Waals surface area (Å²) in [5.74, 6) is 0.851. The summed E-state index contributed by atoms with van der Waals surface area (Å²) in [6, 6.07) is 7.72. The molecule has 1 unspecified atom stereocenters. The Morgan fingerprint density at radius 2 is 1.90 bits per heavy atom. The van der Waals surface area contributed by atoms with Crippen molar-refractivity contribution in [2.75, 3.05) is 12.4 Å². The Kier molecular flexibility index (Phi) is 2.52. The third-order valence-electron chi connectivity index (χ3n) is 1.28. The number of hydrogen-bond acceptors (Lipinski definition) is 2. The lowest BCUT2D eigenvalue weighted by Gasteiger charge is -2.00. The van der Waals surface area contributed by atoms with Crippen molar-refractivity contribution in [2.45, 2.75) is 0 Å². The highest BCUT2D eigenvalue weighted by molar-refractivity contribution is 7.10. The molecule has 1 N–H and O–H groups in total. The molecule has 2 nitrogen and oxygen atoms in total. The van der Waals surface area contributed by atoms with Crippen molar-refractivity contribution in [2.24, 2.45) is 0 Å². The smallest absolute Gasteiger partial charge is 0.122 e. The Morgan fingerprint density at radius 3 is 2.30 bits per heavy atom. The zero-order valence-corrected chi connectivity index (χ0v) is 6.95. The first-order valence-corrected chi connectivity index (χ1v) is 3.48. The lowest BCUT2D eigenvalue weighted by atomic mass is 10.3. The lowest BCUT2D eigenvalue weighted by molar-refractivity contribution is 0.646. The van der Waals surface area contributed by atoms with E-state index in [0.29, 0.717) is 0 Å². The van der Waals surface area contributed by atoms with E-state index in [1.807, 2.05) is 31.3 Å². The first-order chi connectivity index (χ1) is 4.86. The molecule has 54 valence electrons. The summed E-state index contributed by atoms with van der Waals surface area (Å²) >= 11 is 0. The van der Waals surface area contributed by atoms with Crippen molar-refractivity contribution in [3.8, 4) is 5.75 Å². The standard InChI is InChI=1S/C7H10NOP/c1-8-6-2-4-7(9-10)5-3-6/h2-5,8H,10H2,1H3. The van der Waals surface area contributed by atoms with E-state index >= 15 is 0 Å². The molecule has 1 atom stereocenters. The van der Waals surface area contributed by atoms with E-state index < -0.39 is 0 Å². The number of hydrogen-bond donors (Lipinski definition) is 1. The van der Waals surface area contributed by atoms with E-state index in [-0.39, 0.29) is 0 Å². The van der Waals surface area contributed by atoms with Crippen molar-refractivity contribution >= 4 is 15.2 Å². The van der Waals surface area contributed by atoms with Crippen LogP contribution in [0, 0.1) is 0 Å². The van der Waals surface area contributed by atoms with Gasteiger partial charge in [0, 0.05) is 12.7 Å². The number of nitrogens with one attached hydrogen (secondary N) is 1. The third kappa shape index (κ3) is 1.61. The molecule has 0 amide bonds. The maximum Gasteiger partial charge on any atom is 0.122 e. The van der Waals surface area contributed by atoms with Crippen LogP contribution in [0.2, 0.25) is 0 Å². The van der Waals surface area contributed by atoms with Crippen molar-refractivity contribution in [3.63, 3.8) is 0 Å². The molecule has 0 spiro atoms. The molecule has 0 heterocycles. The van der Waals surface area contributed by atoms with Crippen LogP contribution in [-0.4, -0.2) is 7.05 Å². The lowest BCUT2D eigenvalue weighted by Crippen LogP contribution is -1.85. The molecule has 3 heteroatoms. The third-order valence-corrected chi connectivity index (χ3v) is 1.55. The van der Waals surface area contributed by atoms with Gasteiger partial charge in [0.2, 0.25) is 0 Å². The number of rotatable bonds is 2. The van der Waals surface area contributed by atoms with Crippen molar-refractivity contribution in [1.82, 2.24) is 0 Å². The van der Waals surface area contributed by atoms with Crippen LogP contribution in [0.3, 0.4) is 0 Å². The minimum atomic E-state index is 0.851. The van der Waals surface area contributed by atoms with Crippen LogP contribution in [0.1, 0.15) is 0 Å². The average molecular weight is 155 g/mol. The molecular weight excluding hydrogens is 145 g/mol. The van der Waals surface area contributed by atoms with Gasteiger partial charge in [0.15, 0.2) is 0 Å². The van der Waals surface area contributed by atoms with Gasteiger partial charge >= 0.3 is 0 Å². The number of benzene rings is 1. The summed E-state index contributed by atoms with van der Waals surface area (Å²) in [5, 5.41) is 3.02. The van der Waals surface area contributed by atoms with Crippen molar-refractivity contribution in [1.29, 1.82) is 0 Å². The Morgan fingerprint density at radius 1 is 1.30 bits per heavy atom. The number of anilines is 1. The molecule has 0 aliphatic heterocycles. The second-order valence-electron chi connectivity index (χ2n) is 1.89. The van der Waals surface area contributed by atoms with Crippen molar-refractivity contribution < 1.29 is 4.52 Å². The van der Waals surface area contributed by atoms with Crippen LogP contribution in [0.5, 0.6) is 5.75 Å². The summed E-state index contributed by atoms with van der Waals surface area (Å²) in [6.07, 6.45) is 0. The Bertz CT molecular complexity index is 174. The summed E-state index contributed by atoms with van der Waals surface area (Å²) in [6.45, 7) is 0. The Labute approximate surface area is 62.9 Å². The van der Waals surface area contributed by atoms with Crippen LogP contribution in [0.4, 0.5) is 5.69 Å². The first kappa shape index (κ1) is 7.36. The highest BCUT2D eigenvalue weighted by Crippen LogP contribution is 2.16.